The van der Waals surface area contributed by atoms with Crippen LogP contribution in [0.5, 0.6) is 0 Å². The minimum absolute atomic E-state index is 0.0485. The van der Waals surface area contributed by atoms with Crippen molar-refractivity contribution in [3.63, 3.8) is 0 Å². The fourth-order valence-electron chi connectivity index (χ4n) is 2.42. The van der Waals surface area contributed by atoms with Crippen molar-refractivity contribution in [1.82, 2.24) is 0 Å². The molecule has 1 atom stereocenters. The Bertz CT molecular complexity index is 601. The predicted octanol–water partition coefficient (Wildman–Crippen LogP) is 4.13. The molecule has 0 fully saturated rings. The van der Waals surface area contributed by atoms with Gasteiger partial charge in [-0.05, 0) is 43.0 Å². The maximum absolute atomic E-state index is 13.5. The van der Waals surface area contributed by atoms with Crippen molar-refractivity contribution in [3.8, 4) is 6.07 Å². The number of halogens is 1. The summed E-state index contributed by atoms with van der Waals surface area (Å²) in [4.78, 5) is 12.1. The number of rotatable bonds is 5. The summed E-state index contributed by atoms with van der Waals surface area (Å²) in [6, 6.07) is 5.70. The Morgan fingerprint density at radius 2 is 2.33 bits per heavy atom. The lowest BCUT2D eigenvalue weighted by Crippen LogP contribution is -2.19. The largest absolute Gasteiger partial charge is 0.498 e. The van der Waals surface area contributed by atoms with Crippen LogP contribution >= 0.6 is 0 Å². The second kappa shape index (κ2) is 7.03. The number of Topliss-reactive ketones (excluding diaryl/α,β-unsaturated/α-hetero) is 1. The first-order valence-electron chi connectivity index (χ1n) is 7.20. The van der Waals surface area contributed by atoms with Crippen molar-refractivity contribution in [2.45, 2.75) is 45.1 Å². The van der Waals surface area contributed by atoms with Crippen molar-refractivity contribution < 1.29 is 13.9 Å². The van der Waals surface area contributed by atoms with E-state index in [1.54, 1.807) is 12.3 Å². The first-order valence-corrected chi connectivity index (χ1v) is 7.20. The van der Waals surface area contributed by atoms with Crippen LogP contribution < -0.4 is 0 Å². The minimum atomic E-state index is -0.655. The van der Waals surface area contributed by atoms with E-state index in [0.717, 1.165) is 31.7 Å². The van der Waals surface area contributed by atoms with Gasteiger partial charge in [0.2, 0.25) is 0 Å². The van der Waals surface area contributed by atoms with Crippen molar-refractivity contribution in [2.24, 2.45) is 0 Å². The molecule has 1 aromatic rings. The molecule has 0 N–H and O–H groups in total. The van der Waals surface area contributed by atoms with Crippen LogP contribution in [0.25, 0.3) is 0 Å². The molecule has 1 unspecified atom stereocenters. The van der Waals surface area contributed by atoms with Gasteiger partial charge in [0.05, 0.1) is 11.8 Å². The minimum Gasteiger partial charge on any atom is -0.498 e. The van der Waals surface area contributed by atoms with E-state index < -0.39 is 5.82 Å². The summed E-state index contributed by atoms with van der Waals surface area (Å²) in [5.41, 5.74) is 1.52. The van der Waals surface area contributed by atoms with Crippen LogP contribution in [-0.2, 0) is 4.74 Å². The molecule has 4 heteroatoms. The molecule has 0 spiro atoms. The lowest BCUT2D eigenvalue weighted by molar-refractivity contribution is 0.0783. The van der Waals surface area contributed by atoms with Gasteiger partial charge in [-0.25, -0.2) is 4.39 Å². The molecule has 21 heavy (non-hydrogen) atoms. The van der Waals surface area contributed by atoms with Gasteiger partial charge >= 0.3 is 0 Å². The maximum Gasteiger partial charge on any atom is 0.166 e. The van der Waals surface area contributed by atoms with E-state index in [0.29, 0.717) is 5.56 Å². The van der Waals surface area contributed by atoms with Gasteiger partial charge in [-0.2, -0.15) is 5.26 Å². The Balaban J connectivity index is 1.97. The molecule has 0 bridgehead atoms. The average Bonchev–Trinajstić information content (AvgIpc) is 2.49. The standard InChI is InChI=1S/C17H18FNO2/c1-2-3-12-4-7-15(21-11-12)9-17(20)13-5-6-14(10-19)16(18)8-13/h5-6,8,11,15H,2-4,7,9H2,1H3. The molecule has 1 aliphatic rings. The van der Waals surface area contributed by atoms with Crippen LogP contribution in [0.1, 0.15) is 54.9 Å². The first kappa shape index (κ1) is 15.2. The summed E-state index contributed by atoms with van der Waals surface area (Å²) in [6.07, 6.45) is 5.75. The predicted molar refractivity (Wildman–Crippen MR) is 77.2 cm³/mol. The summed E-state index contributed by atoms with van der Waals surface area (Å²) in [7, 11) is 0. The summed E-state index contributed by atoms with van der Waals surface area (Å²) in [5.74, 6) is -0.811. The molecular formula is C17H18FNO2. The highest BCUT2D eigenvalue weighted by Crippen LogP contribution is 2.24. The van der Waals surface area contributed by atoms with Gasteiger partial charge in [0.1, 0.15) is 18.0 Å². The number of hydrogen-bond acceptors (Lipinski definition) is 3. The number of hydrogen-bond donors (Lipinski definition) is 0. The van der Waals surface area contributed by atoms with E-state index >= 15 is 0 Å². The van der Waals surface area contributed by atoms with E-state index in [4.69, 9.17) is 10.00 Å². The number of carbonyl (C=O) groups is 1. The fraction of sp³-hybridized carbons (Fsp3) is 0.412. The van der Waals surface area contributed by atoms with Crippen molar-refractivity contribution in [2.75, 3.05) is 0 Å². The molecule has 0 radical (unpaired) electrons. The number of ketones is 1. The van der Waals surface area contributed by atoms with Crippen molar-refractivity contribution in [3.05, 3.63) is 47.0 Å². The summed E-state index contributed by atoms with van der Waals surface area (Å²) >= 11 is 0. The van der Waals surface area contributed by atoms with Gasteiger partial charge in [0.25, 0.3) is 0 Å². The molecule has 1 aliphatic heterocycles. The number of nitriles is 1. The van der Waals surface area contributed by atoms with Crippen molar-refractivity contribution >= 4 is 5.78 Å². The molecule has 0 saturated carbocycles. The molecular weight excluding hydrogens is 269 g/mol. The lowest BCUT2D eigenvalue weighted by Gasteiger charge is -2.22. The second-order valence-corrected chi connectivity index (χ2v) is 5.26. The Labute approximate surface area is 124 Å². The highest BCUT2D eigenvalue weighted by Gasteiger charge is 2.20. The third-order valence-corrected chi connectivity index (χ3v) is 3.61. The zero-order valence-electron chi connectivity index (χ0n) is 12.1. The first-order chi connectivity index (χ1) is 10.1. The van der Waals surface area contributed by atoms with E-state index in [9.17, 15) is 9.18 Å². The lowest BCUT2D eigenvalue weighted by atomic mass is 9.97. The smallest absolute Gasteiger partial charge is 0.166 e. The van der Waals surface area contributed by atoms with Crippen LogP contribution in [-0.4, -0.2) is 11.9 Å². The summed E-state index contributed by atoms with van der Waals surface area (Å²) in [5, 5.41) is 8.68. The highest BCUT2D eigenvalue weighted by molar-refractivity contribution is 5.96. The summed E-state index contributed by atoms with van der Waals surface area (Å²) in [6.45, 7) is 2.12. The fourth-order valence-corrected chi connectivity index (χ4v) is 2.42. The molecule has 0 amide bonds. The zero-order valence-corrected chi connectivity index (χ0v) is 12.1. The van der Waals surface area contributed by atoms with E-state index in [2.05, 4.69) is 6.92 Å². The van der Waals surface area contributed by atoms with E-state index in [-0.39, 0.29) is 23.9 Å². The molecule has 0 aromatic heterocycles. The second-order valence-electron chi connectivity index (χ2n) is 5.26. The Hall–Kier alpha value is -2.15. The van der Waals surface area contributed by atoms with Crippen molar-refractivity contribution in [1.29, 1.82) is 5.26 Å². The van der Waals surface area contributed by atoms with Gasteiger partial charge in [0.15, 0.2) is 5.78 Å². The normalized spacial score (nSPS) is 17.6. The van der Waals surface area contributed by atoms with Crippen LogP contribution in [0.15, 0.2) is 30.0 Å². The number of allylic oxidation sites excluding steroid dienone is 1. The molecule has 110 valence electrons. The van der Waals surface area contributed by atoms with E-state index in [1.165, 1.54) is 17.7 Å². The molecule has 2 rings (SSSR count). The molecule has 1 heterocycles. The number of benzene rings is 1. The van der Waals surface area contributed by atoms with Gasteiger partial charge in [-0.1, -0.05) is 13.3 Å². The van der Waals surface area contributed by atoms with Gasteiger partial charge < -0.3 is 4.74 Å². The molecule has 0 saturated heterocycles. The van der Waals surface area contributed by atoms with Crippen LogP contribution in [0.3, 0.4) is 0 Å². The van der Waals surface area contributed by atoms with Gasteiger partial charge in [-0.3, -0.25) is 4.79 Å². The average molecular weight is 287 g/mol. The Kier molecular flexibility index (Phi) is 5.10. The van der Waals surface area contributed by atoms with Crippen LogP contribution in [0.2, 0.25) is 0 Å². The maximum atomic E-state index is 13.5. The molecule has 3 nitrogen and oxygen atoms in total. The van der Waals surface area contributed by atoms with E-state index in [1.807, 2.05) is 0 Å². The zero-order chi connectivity index (χ0) is 15.2. The number of carbonyl (C=O) groups excluding carboxylic acids is 1. The van der Waals surface area contributed by atoms with Gasteiger partial charge in [0, 0.05) is 12.0 Å². The Morgan fingerprint density at radius 3 is 2.90 bits per heavy atom. The number of nitrogens with zero attached hydrogens (tertiary/aromatic N) is 1. The quantitative estimate of drug-likeness (QED) is 0.765. The SMILES string of the molecule is CCCC1=COC(CC(=O)c2ccc(C#N)c(F)c2)CC1. The highest BCUT2D eigenvalue weighted by atomic mass is 19.1. The molecule has 0 aliphatic carbocycles. The van der Waals surface area contributed by atoms with Crippen LogP contribution in [0, 0.1) is 17.1 Å². The third kappa shape index (κ3) is 3.91. The van der Waals surface area contributed by atoms with Crippen LogP contribution in [0.4, 0.5) is 4.39 Å². The third-order valence-electron chi connectivity index (χ3n) is 3.61. The topological polar surface area (TPSA) is 50.1 Å². The monoisotopic (exact) mass is 287 g/mol. The van der Waals surface area contributed by atoms with Gasteiger partial charge in [-0.15, -0.1) is 0 Å². The number of ether oxygens (including phenoxy) is 1. The Morgan fingerprint density at radius 1 is 1.52 bits per heavy atom. The molecule has 1 aromatic carbocycles. The summed E-state index contributed by atoms with van der Waals surface area (Å²) < 4.78 is 19.1.